The summed E-state index contributed by atoms with van der Waals surface area (Å²) in [7, 11) is 0. The Kier molecular flexibility index (Phi) is 3.45. The quantitative estimate of drug-likeness (QED) is 0.916. The van der Waals surface area contributed by atoms with E-state index in [4.69, 9.17) is 9.26 Å². The number of benzene rings is 1. The molecule has 1 atom stereocenters. The Hall–Kier alpha value is -1.72. The number of hydrogen-bond donors (Lipinski definition) is 1. The Morgan fingerprint density at radius 2 is 2.00 bits per heavy atom. The summed E-state index contributed by atoms with van der Waals surface area (Å²) in [5.74, 6) is 1.89. The van der Waals surface area contributed by atoms with Gasteiger partial charge in [-0.05, 0) is 30.4 Å². The Morgan fingerprint density at radius 1 is 1.14 bits per heavy atom. The zero-order chi connectivity index (χ0) is 14.1. The Labute approximate surface area is 123 Å². The van der Waals surface area contributed by atoms with Crippen molar-refractivity contribution in [3.8, 4) is 0 Å². The second kappa shape index (κ2) is 5.58. The SMILES string of the molecule is c1ccc2c(c1)CCNC2c1nc(C2CCOCC2)no1. The van der Waals surface area contributed by atoms with Crippen molar-refractivity contribution in [2.24, 2.45) is 0 Å². The molecule has 0 bridgehead atoms. The Bertz CT molecular complexity index is 619. The van der Waals surface area contributed by atoms with Crippen LogP contribution in [0.5, 0.6) is 0 Å². The van der Waals surface area contributed by atoms with E-state index in [2.05, 4.69) is 39.7 Å². The molecule has 1 aromatic heterocycles. The topological polar surface area (TPSA) is 60.2 Å². The molecule has 5 heteroatoms. The van der Waals surface area contributed by atoms with E-state index in [1.54, 1.807) is 0 Å². The fraction of sp³-hybridized carbons (Fsp3) is 0.500. The summed E-state index contributed by atoms with van der Waals surface area (Å²) in [5, 5.41) is 7.69. The van der Waals surface area contributed by atoms with Crippen LogP contribution in [0, 0.1) is 0 Å². The molecule has 0 aliphatic carbocycles. The van der Waals surface area contributed by atoms with Crippen LogP contribution in [-0.2, 0) is 11.2 Å². The van der Waals surface area contributed by atoms with Gasteiger partial charge in [0.05, 0.1) is 0 Å². The van der Waals surface area contributed by atoms with E-state index in [9.17, 15) is 0 Å². The monoisotopic (exact) mass is 285 g/mol. The smallest absolute Gasteiger partial charge is 0.248 e. The maximum Gasteiger partial charge on any atom is 0.248 e. The lowest BCUT2D eigenvalue weighted by atomic mass is 9.94. The molecule has 2 aliphatic heterocycles. The maximum absolute atomic E-state index is 5.55. The summed E-state index contributed by atoms with van der Waals surface area (Å²) in [6.07, 6.45) is 3.01. The molecule has 0 amide bonds. The molecule has 110 valence electrons. The average Bonchev–Trinajstić information content (AvgIpc) is 3.05. The Morgan fingerprint density at radius 3 is 2.90 bits per heavy atom. The van der Waals surface area contributed by atoms with Crippen LogP contribution in [0.1, 0.15) is 47.6 Å². The van der Waals surface area contributed by atoms with Crippen molar-refractivity contribution < 1.29 is 9.26 Å². The van der Waals surface area contributed by atoms with Crippen LogP contribution < -0.4 is 5.32 Å². The van der Waals surface area contributed by atoms with Crippen LogP contribution >= 0.6 is 0 Å². The van der Waals surface area contributed by atoms with Gasteiger partial charge in [0.25, 0.3) is 0 Å². The molecule has 1 fully saturated rings. The third-order valence-electron chi connectivity index (χ3n) is 4.40. The molecule has 21 heavy (non-hydrogen) atoms. The van der Waals surface area contributed by atoms with Gasteiger partial charge in [0.15, 0.2) is 5.82 Å². The lowest BCUT2D eigenvalue weighted by molar-refractivity contribution is 0.0830. The van der Waals surface area contributed by atoms with E-state index in [1.165, 1.54) is 11.1 Å². The van der Waals surface area contributed by atoms with E-state index in [1.807, 2.05) is 0 Å². The van der Waals surface area contributed by atoms with Crippen molar-refractivity contribution in [1.29, 1.82) is 0 Å². The number of rotatable bonds is 2. The molecule has 1 aromatic carbocycles. The van der Waals surface area contributed by atoms with Crippen LogP contribution in [0.2, 0.25) is 0 Å². The second-order valence-corrected chi connectivity index (χ2v) is 5.71. The van der Waals surface area contributed by atoms with Gasteiger partial charge in [0.2, 0.25) is 5.89 Å². The van der Waals surface area contributed by atoms with E-state index in [0.717, 1.165) is 44.8 Å². The highest BCUT2D eigenvalue weighted by Crippen LogP contribution is 2.30. The molecule has 0 spiro atoms. The number of aromatic nitrogens is 2. The minimum absolute atomic E-state index is 0.0241. The summed E-state index contributed by atoms with van der Waals surface area (Å²) in [5.41, 5.74) is 2.62. The van der Waals surface area contributed by atoms with Gasteiger partial charge in [-0.15, -0.1) is 0 Å². The van der Waals surface area contributed by atoms with E-state index in [-0.39, 0.29) is 6.04 Å². The first-order valence-electron chi connectivity index (χ1n) is 7.64. The molecule has 2 aliphatic rings. The number of nitrogens with zero attached hydrogens (tertiary/aromatic N) is 2. The molecule has 5 nitrogen and oxygen atoms in total. The van der Waals surface area contributed by atoms with E-state index in [0.29, 0.717) is 11.8 Å². The van der Waals surface area contributed by atoms with Crippen molar-refractivity contribution in [1.82, 2.24) is 15.5 Å². The lowest BCUT2D eigenvalue weighted by Gasteiger charge is -2.24. The minimum Gasteiger partial charge on any atom is -0.381 e. The zero-order valence-electron chi connectivity index (χ0n) is 11.9. The molecule has 1 N–H and O–H groups in total. The van der Waals surface area contributed by atoms with Gasteiger partial charge >= 0.3 is 0 Å². The molecule has 4 rings (SSSR count). The summed E-state index contributed by atoms with van der Waals surface area (Å²) < 4.78 is 10.9. The largest absolute Gasteiger partial charge is 0.381 e. The van der Waals surface area contributed by atoms with Crippen LogP contribution in [-0.4, -0.2) is 29.9 Å². The highest BCUT2D eigenvalue weighted by Gasteiger charge is 2.28. The van der Waals surface area contributed by atoms with Gasteiger partial charge in [-0.3, -0.25) is 0 Å². The van der Waals surface area contributed by atoms with Crippen molar-refractivity contribution in [3.05, 3.63) is 47.1 Å². The van der Waals surface area contributed by atoms with Gasteiger partial charge in [0.1, 0.15) is 6.04 Å². The molecule has 1 saturated heterocycles. The minimum atomic E-state index is 0.0241. The third-order valence-corrected chi connectivity index (χ3v) is 4.40. The molecule has 3 heterocycles. The molecular formula is C16H19N3O2. The highest BCUT2D eigenvalue weighted by atomic mass is 16.5. The zero-order valence-corrected chi connectivity index (χ0v) is 11.9. The Balaban J connectivity index is 1.61. The standard InChI is InChI=1S/C16H19N3O2/c1-2-4-13-11(3-1)5-8-17-14(13)16-18-15(19-21-16)12-6-9-20-10-7-12/h1-4,12,14,17H,5-10H2. The number of fused-ring (bicyclic) bond motifs is 1. The van der Waals surface area contributed by atoms with E-state index < -0.39 is 0 Å². The normalized spacial score (nSPS) is 23.0. The predicted octanol–water partition coefficient (Wildman–Crippen LogP) is 2.20. The van der Waals surface area contributed by atoms with Gasteiger partial charge < -0.3 is 14.6 Å². The fourth-order valence-corrected chi connectivity index (χ4v) is 3.21. The first-order chi connectivity index (χ1) is 10.4. The van der Waals surface area contributed by atoms with Crippen LogP contribution in [0.25, 0.3) is 0 Å². The van der Waals surface area contributed by atoms with Crippen molar-refractivity contribution in [2.75, 3.05) is 19.8 Å². The number of hydrogen-bond acceptors (Lipinski definition) is 5. The maximum atomic E-state index is 5.55. The molecular weight excluding hydrogens is 266 g/mol. The van der Waals surface area contributed by atoms with Crippen molar-refractivity contribution in [2.45, 2.75) is 31.2 Å². The van der Waals surface area contributed by atoms with Crippen molar-refractivity contribution in [3.63, 3.8) is 0 Å². The van der Waals surface area contributed by atoms with Crippen LogP contribution in [0.4, 0.5) is 0 Å². The number of ether oxygens (including phenoxy) is 1. The highest BCUT2D eigenvalue weighted by molar-refractivity contribution is 5.35. The summed E-state index contributed by atoms with van der Waals surface area (Å²) >= 11 is 0. The second-order valence-electron chi connectivity index (χ2n) is 5.71. The molecule has 2 aromatic rings. The summed E-state index contributed by atoms with van der Waals surface area (Å²) in [4.78, 5) is 4.66. The van der Waals surface area contributed by atoms with Crippen LogP contribution in [0.15, 0.2) is 28.8 Å². The summed E-state index contributed by atoms with van der Waals surface area (Å²) in [6, 6.07) is 8.50. The van der Waals surface area contributed by atoms with E-state index >= 15 is 0 Å². The first-order valence-corrected chi connectivity index (χ1v) is 7.64. The molecule has 1 unspecified atom stereocenters. The first kappa shape index (κ1) is 13.0. The fourth-order valence-electron chi connectivity index (χ4n) is 3.21. The third kappa shape index (κ3) is 2.47. The molecule has 0 saturated carbocycles. The van der Waals surface area contributed by atoms with Gasteiger partial charge in [-0.25, -0.2) is 0 Å². The summed E-state index contributed by atoms with van der Waals surface area (Å²) in [6.45, 7) is 2.52. The van der Waals surface area contributed by atoms with Gasteiger partial charge in [0, 0.05) is 25.7 Å². The van der Waals surface area contributed by atoms with Crippen LogP contribution in [0.3, 0.4) is 0 Å². The van der Waals surface area contributed by atoms with Gasteiger partial charge in [-0.1, -0.05) is 29.4 Å². The average molecular weight is 285 g/mol. The molecule has 0 radical (unpaired) electrons. The van der Waals surface area contributed by atoms with Gasteiger partial charge in [-0.2, -0.15) is 4.98 Å². The lowest BCUT2D eigenvalue weighted by Crippen LogP contribution is -2.30. The predicted molar refractivity (Wildman–Crippen MR) is 77.1 cm³/mol. The van der Waals surface area contributed by atoms with Crippen molar-refractivity contribution >= 4 is 0 Å². The number of nitrogens with one attached hydrogen (secondary N) is 1.